The van der Waals surface area contributed by atoms with Gasteiger partial charge in [-0.05, 0) is 23.3 Å². The van der Waals surface area contributed by atoms with Crippen LogP contribution in [0.3, 0.4) is 0 Å². The minimum absolute atomic E-state index is 0.254. The van der Waals surface area contributed by atoms with Gasteiger partial charge in [-0.15, -0.1) is 0 Å². The van der Waals surface area contributed by atoms with E-state index in [4.69, 9.17) is 9.47 Å². The molecule has 2 atom stereocenters. The van der Waals surface area contributed by atoms with Crippen LogP contribution in [0.25, 0.3) is 10.9 Å². The minimum atomic E-state index is -1.02. The third kappa shape index (κ3) is 1.98. The fourth-order valence-electron chi connectivity index (χ4n) is 4.58. The zero-order valence-corrected chi connectivity index (χ0v) is 15.4. The predicted octanol–water partition coefficient (Wildman–Crippen LogP) is 2.74. The van der Waals surface area contributed by atoms with Gasteiger partial charge in [0.05, 0.1) is 25.8 Å². The van der Waals surface area contributed by atoms with E-state index in [1.165, 1.54) is 19.1 Å². The molecule has 28 heavy (non-hydrogen) atoms. The Morgan fingerprint density at radius 1 is 1.18 bits per heavy atom. The van der Waals surface area contributed by atoms with Crippen molar-refractivity contribution in [3.8, 4) is 11.5 Å². The van der Waals surface area contributed by atoms with Crippen LogP contribution in [-0.2, 0) is 11.2 Å². The number of nitrogens with one attached hydrogen (secondary N) is 1. The number of ether oxygens (including phenoxy) is 2. The number of H-pyrrole nitrogens is 1. The van der Waals surface area contributed by atoms with Gasteiger partial charge in [-0.1, -0.05) is 24.3 Å². The average Bonchev–Trinajstić information content (AvgIpc) is 3.22. The van der Waals surface area contributed by atoms with Crippen molar-refractivity contribution in [2.24, 2.45) is 0 Å². The summed E-state index contributed by atoms with van der Waals surface area (Å²) in [6, 6.07) is 9.91. The molecule has 0 unspecified atom stereocenters. The molecule has 142 valence electrons. The SMILES string of the molecule is COc1ccc2c(c1OC)C(=O)N1[C@@H]2c2[nH]c3ccccc3c2C[C@@H]1C(=O)O. The van der Waals surface area contributed by atoms with E-state index >= 15 is 0 Å². The largest absolute Gasteiger partial charge is 0.493 e. The molecule has 1 aromatic heterocycles. The van der Waals surface area contributed by atoms with Crippen LogP contribution in [0.2, 0.25) is 0 Å². The number of methoxy groups -OCH3 is 2. The molecule has 2 N–H and O–H groups in total. The molecule has 0 spiro atoms. The van der Waals surface area contributed by atoms with Crippen LogP contribution in [0, 0.1) is 0 Å². The smallest absolute Gasteiger partial charge is 0.326 e. The number of benzene rings is 2. The van der Waals surface area contributed by atoms with Crippen LogP contribution in [0.5, 0.6) is 11.5 Å². The van der Waals surface area contributed by atoms with E-state index in [2.05, 4.69) is 4.98 Å². The summed E-state index contributed by atoms with van der Waals surface area (Å²) in [5.41, 5.74) is 3.82. The number of fused-ring (bicyclic) bond motifs is 7. The maximum Gasteiger partial charge on any atom is 0.326 e. The molecule has 1 amide bonds. The normalized spacial score (nSPS) is 19.9. The maximum absolute atomic E-state index is 13.3. The first-order valence-electron chi connectivity index (χ1n) is 8.96. The molecule has 7 heteroatoms. The van der Waals surface area contributed by atoms with Crippen LogP contribution < -0.4 is 9.47 Å². The number of aromatic nitrogens is 1. The Bertz CT molecular complexity index is 1150. The van der Waals surface area contributed by atoms with Gasteiger partial charge in [-0.25, -0.2) is 4.79 Å². The zero-order chi connectivity index (χ0) is 19.6. The molecule has 3 heterocycles. The Morgan fingerprint density at radius 3 is 2.68 bits per heavy atom. The van der Waals surface area contributed by atoms with Crippen LogP contribution in [0.15, 0.2) is 36.4 Å². The van der Waals surface area contributed by atoms with Gasteiger partial charge in [0, 0.05) is 23.0 Å². The molecule has 2 aliphatic rings. The number of carboxylic acid groups (broad SMARTS) is 1. The third-order valence-electron chi connectivity index (χ3n) is 5.74. The van der Waals surface area contributed by atoms with Crippen molar-refractivity contribution in [1.29, 1.82) is 0 Å². The molecule has 5 rings (SSSR count). The minimum Gasteiger partial charge on any atom is -0.493 e. The highest BCUT2D eigenvalue weighted by Gasteiger charge is 2.50. The molecule has 2 aliphatic heterocycles. The average molecular weight is 378 g/mol. The first kappa shape index (κ1) is 16.7. The van der Waals surface area contributed by atoms with E-state index in [-0.39, 0.29) is 12.3 Å². The number of aliphatic carboxylic acids is 1. The Kier molecular flexibility index (Phi) is 3.43. The van der Waals surface area contributed by atoms with Gasteiger partial charge < -0.3 is 24.5 Å². The summed E-state index contributed by atoms with van der Waals surface area (Å²) in [6.07, 6.45) is 0.254. The molecular weight excluding hydrogens is 360 g/mol. The van der Waals surface area contributed by atoms with Gasteiger partial charge in [0.25, 0.3) is 5.91 Å². The summed E-state index contributed by atoms with van der Waals surface area (Å²) in [4.78, 5) is 30.3. The second-order valence-electron chi connectivity index (χ2n) is 7.00. The Morgan fingerprint density at radius 2 is 1.96 bits per heavy atom. The Hall–Kier alpha value is -3.48. The van der Waals surface area contributed by atoms with E-state index in [1.807, 2.05) is 30.3 Å². The quantitative estimate of drug-likeness (QED) is 0.731. The summed E-state index contributed by atoms with van der Waals surface area (Å²) in [5, 5.41) is 10.9. The molecular formula is C21H18N2O5. The van der Waals surface area contributed by atoms with Gasteiger partial charge in [-0.3, -0.25) is 4.79 Å². The topological polar surface area (TPSA) is 91.9 Å². The fourth-order valence-corrected chi connectivity index (χ4v) is 4.58. The van der Waals surface area contributed by atoms with Crippen molar-refractivity contribution < 1.29 is 24.2 Å². The van der Waals surface area contributed by atoms with E-state index < -0.39 is 18.1 Å². The zero-order valence-electron chi connectivity index (χ0n) is 15.4. The summed E-state index contributed by atoms with van der Waals surface area (Å²) in [7, 11) is 2.98. The van der Waals surface area contributed by atoms with Crippen molar-refractivity contribution >= 4 is 22.8 Å². The summed E-state index contributed by atoms with van der Waals surface area (Å²) in [6.45, 7) is 0. The van der Waals surface area contributed by atoms with Crippen molar-refractivity contribution in [2.45, 2.75) is 18.5 Å². The van der Waals surface area contributed by atoms with E-state index in [9.17, 15) is 14.7 Å². The maximum atomic E-state index is 13.3. The Balaban J connectivity index is 1.82. The first-order chi connectivity index (χ1) is 13.6. The van der Waals surface area contributed by atoms with Gasteiger partial charge in [0.15, 0.2) is 11.5 Å². The number of carboxylic acids is 1. The van der Waals surface area contributed by atoms with Crippen molar-refractivity contribution in [3.63, 3.8) is 0 Å². The molecule has 0 fully saturated rings. The van der Waals surface area contributed by atoms with Gasteiger partial charge in [0.2, 0.25) is 0 Å². The highest BCUT2D eigenvalue weighted by Crippen LogP contribution is 2.50. The van der Waals surface area contributed by atoms with Crippen molar-refractivity contribution in [1.82, 2.24) is 9.88 Å². The lowest BCUT2D eigenvalue weighted by atomic mass is 9.90. The summed E-state index contributed by atoms with van der Waals surface area (Å²) >= 11 is 0. The van der Waals surface area contributed by atoms with E-state index in [0.29, 0.717) is 17.1 Å². The molecule has 2 aromatic carbocycles. The lowest BCUT2D eigenvalue weighted by Gasteiger charge is -2.35. The molecule has 3 aromatic rings. The lowest BCUT2D eigenvalue weighted by molar-refractivity contribution is -0.143. The van der Waals surface area contributed by atoms with E-state index in [0.717, 1.165) is 27.7 Å². The highest BCUT2D eigenvalue weighted by molar-refractivity contribution is 6.05. The van der Waals surface area contributed by atoms with Gasteiger partial charge in [-0.2, -0.15) is 0 Å². The number of para-hydroxylation sites is 1. The molecule has 0 saturated heterocycles. The second kappa shape index (κ2) is 5.76. The van der Waals surface area contributed by atoms with E-state index in [1.54, 1.807) is 6.07 Å². The number of hydrogen-bond acceptors (Lipinski definition) is 4. The number of hydrogen-bond donors (Lipinski definition) is 2. The Labute approximate surface area is 160 Å². The first-order valence-corrected chi connectivity index (χ1v) is 8.96. The molecule has 7 nitrogen and oxygen atoms in total. The number of amides is 1. The van der Waals surface area contributed by atoms with Crippen LogP contribution in [0.1, 0.15) is 33.2 Å². The van der Waals surface area contributed by atoms with Crippen LogP contribution in [-0.4, -0.2) is 47.1 Å². The predicted molar refractivity (Wildman–Crippen MR) is 101 cm³/mol. The van der Waals surface area contributed by atoms with Gasteiger partial charge >= 0.3 is 5.97 Å². The molecule has 0 radical (unpaired) electrons. The van der Waals surface area contributed by atoms with Crippen molar-refractivity contribution in [3.05, 3.63) is 58.8 Å². The number of rotatable bonds is 3. The molecule has 0 aliphatic carbocycles. The number of carbonyl (C=O) groups is 2. The highest BCUT2D eigenvalue weighted by atomic mass is 16.5. The number of nitrogens with zero attached hydrogens (tertiary/aromatic N) is 1. The van der Waals surface area contributed by atoms with Crippen LogP contribution in [0.4, 0.5) is 0 Å². The fraction of sp³-hybridized carbons (Fsp3) is 0.238. The lowest BCUT2D eigenvalue weighted by Crippen LogP contribution is -2.48. The molecule has 0 bridgehead atoms. The third-order valence-corrected chi connectivity index (χ3v) is 5.74. The standard InChI is InChI=1S/C21H18N2O5/c1-27-15-8-7-11-16(19(15)28-2)20(24)23-14(21(25)26)9-12-10-5-3-4-6-13(10)22-17(12)18(11)23/h3-8,14,18,22H,9H2,1-2H3,(H,25,26)/t14-,18+/m1/s1. The van der Waals surface area contributed by atoms with Crippen molar-refractivity contribution in [2.75, 3.05) is 14.2 Å². The number of aromatic amines is 1. The van der Waals surface area contributed by atoms with Crippen LogP contribution >= 0.6 is 0 Å². The number of carbonyl (C=O) groups excluding carboxylic acids is 1. The molecule has 0 saturated carbocycles. The van der Waals surface area contributed by atoms with Gasteiger partial charge in [0.1, 0.15) is 6.04 Å². The monoisotopic (exact) mass is 378 g/mol. The summed E-state index contributed by atoms with van der Waals surface area (Å²) < 4.78 is 10.8. The second-order valence-corrected chi connectivity index (χ2v) is 7.00. The summed E-state index contributed by atoms with van der Waals surface area (Å²) in [5.74, 6) is -0.597.